The molecule has 0 N–H and O–H groups in total. The minimum Gasteiger partial charge on any atom is -0.309 e. The summed E-state index contributed by atoms with van der Waals surface area (Å²) < 4.78 is 4.70. The van der Waals surface area contributed by atoms with E-state index in [1.54, 1.807) is 6.20 Å². The molecule has 232 valence electrons. The third-order valence-electron chi connectivity index (χ3n) is 10.2. The third-order valence-corrected chi connectivity index (χ3v) is 10.2. The standard InChI is InChI=1S/C44H31N5/c1-44(2)34-14-10-16-38-42(34)49(43(47-38)30-18-21-37(46-27-30)36-15-8-9-24-45-36)41-23-20-29(26-35(41)44)28-19-22-40-33(25-28)32-13-6-7-17-39(32)48(40)31-11-4-3-5-12-31/h3-27H,1-2H3. The largest absolute Gasteiger partial charge is 0.309 e. The number of nitrogens with zero attached hydrogens (tertiary/aromatic N) is 5. The normalized spacial score (nSPS) is 13.3. The van der Waals surface area contributed by atoms with E-state index in [1.165, 1.54) is 49.7 Å². The molecule has 0 amide bonds. The molecule has 0 aliphatic carbocycles. The van der Waals surface area contributed by atoms with Crippen molar-refractivity contribution in [2.75, 3.05) is 0 Å². The van der Waals surface area contributed by atoms with Crippen LogP contribution in [0.1, 0.15) is 25.0 Å². The first-order valence-corrected chi connectivity index (χ1v) is 16.7. The van der Waals surface area contributed by atoms with Crippen LogP contribution in [0.3, 0.4) is 0 Å². The van der Waals surface area contributed by atoms with Crippen LogP contribution in [0, 0.1) is 0 Å². The van der Waals surface area contributed by atoms with Crippen molar-refractivity contribution >= 4 is 32.8 Å². The molecule has 0 saturated carbocycles. The predicted octanol–water partition coefficient (Wildman–Crippen LogP) is 10.6. The Bertz CT molecular complexity index is 2720. The molecular formula is C44H31N5. The van der Waals surface area contributed by atoms with Crippen molar-refractivity contribution in [3.05, 3.63) is 163 Å². The number of rotatable bonds is 4. The molecule has 1 aliphatic rings. The molecule has 0 fully saturated rings. The van der Waals surface area contributed by atoms with Gasteiger partial charge in [-0.3, -0.25) is 14.5 Å². The van der Waals surface area contributed by atoms with Crippen LogP contribution >= 0.6 is 0 Å². The van der Waals surface area contributed by atoms with Crippen LogP contribution in [-0.2, 0) is 5.41 Å². The fourth-order valence-electron chi connectivity index (χ4n) is 7.81. The van der Waals surface area contributed by atoms with E-state index in [-0.39, 0.29) is 5.41 Å². The number of imidazole rings is 1. The fraction of sp³-hybridized carbons (Fsp3) is 0.0682. The van der Waals surface area contributed by atoms with E-state index in [4.69, 9.17) is 9.97 Å². The molecule has 0 bridgehead atoms. The molecule has 5 heteroatoms. The van der Waals surface area contributed by atoms with Gasteiger partial charge in [0.05, 0.1) is 39.1 Å². The zero-order valence-electron chi connectivity index (χ0n) is 27.2. The van der Waals surface area contributed by atoms with Crippen LogP contribution in [0.2, 0.25) is 0 Å². The molecule has 0 atom stereocenters. The molecule has 9 aromatic rings. The van der Waals surface area contributed by atoms with Gasteiger partial charge in [-0.05, 0) is 95.1 Å². The highest BCUT2D eigenvalue weighted by Gasteiger charge is 2.36. The van der Waals surface area contributed by atoms with Gasteiger partial charge in [0, 0.05) is 39.8 Å². The van der Waals surface area contributed by atoms with Gasteiger partial charge in [0.2, 0.25) is 0 Å². The van der Waals surface area contributed by atoms with Crippen molar-refractivity contribution in [1.82, 2.24) is 24.1 Å². The van der Waals surface area contributed by atoms with Crippen LogP contribution < -0.4 is 0 Å². The van der Waals surface area contributed by atoms with E-state index in [9.17, 15) is 0 Å². The molecule has 0 spiro atoms. The number of hydrogen-bond donors (Lipinski definition) is 0. The van der Waals surface area contributed by atoms with Crippen molar-refractivity contribution in [3.8, 4) is 45.3 Å². The van der Waals surface area contributed by atoms with Gasteiger partial charge < -0.3 is 4.57 Å². The summed E-state index contributed by atoms with van der Waals surface area (Å²) in [6.45, 7) is 4.67. The Kier molecular flexibility index (Phi) is 5.85. The Balaban J connectivity index is 1.14. The topological polar surface area (TPSA) is 48.5 Å². The summed E-state index contributed by atoms with van der Waals surface area (Å²) >= 11 is 0. The van der Waals surface area contributed by atoms with Crippen molar-refractivity contribution in [2.45, 2.75) is 19.3 Å². The number of benzene rings is 5. The van der Waals surface area contributed by atoms with Gasteiger partial charge in [0.15, 0.2) is 0 Å². The minimum absolute atomic E-state index is 0.229. The van der Waals surface area contributed by atoms with Crippen LogP contribution in [0.4, 0.5) is 0 Å². The van der Waals surface area contributed by atoms with E-state index in [2.05, 4.69) is 143 Å². The first kappa shape index (κ1) is 27.8. The van der Waals surface area contributed by atoms with E-state index in [0.29, 0.717) is 0 Å². The molecule has 0 unspecified atom stereocenters. The van der Waals surface area contributed by atoms with Gasteiger partial charge in [0.1, 0.15) is 5.82 Å². The van der Waals surface area contributed by atoms with Crippen molar-refractivity contribution < 1.29 is 0 Å². The maximum atomic E-state index is 5.20. The monoisotopic (exact) mass is 629 g/mol. The summed E-state index contributed by atoms with van der Waals surface area (Å²) in [5.74, 6) is 0.891. The molecule has 5 aromatic carbocycles. The van der Waals surface area contributed by atoms with Crippen LogP contribution in [-0.4, -0.2) is 24.1 Å². The second kappa shape index (κ2) is 10.3. The summed E-state index contributed by atoms with van der Waals surface area (Å²) in [6.07, 6.45) is 3.72. The Morgan fingerprint density at radius 3 is 2.12 bits per heavy atom. The van der Waals surface area contributed by atoms with Gasteiger partial charge >= 0.3 is 0 Å². The van der Waals surface area contributed by atoms with Gasteiger partial charge in [-0.25, -0.2) is 4.98 Å². The van der Waals surface area contributed by atoms with Crippen molar-refractivity contribution in [3.63, 3.8) is 0 Å². The maximum absolute atomic E-state index is 5.20. The number of hydrogen-bond acceptors (Lipinski definition) is 3. The molecule has 1 aliphatic heterocycles. The summed E-state index contributed by atoms with van der Waals surface area (Å²) in [7, 11) is 0. The zero-order valence-corrected chi connectivity index (χ0v) is 27.2. The van der Waals surface area contributed by atoms with Gasteiger partial charge in [0.25, 0.3) is 0 Å². The van der Waals surface area contributed by atoms with Gasteiger partial charge in [-0.2, -0.15) is 0 Å². The van der Waals surface area contributed by atoms with Crippen LogP contribution in [0.5, 0.6) is 0 Å². The lowest BCUT2D eigenvalue weighted by molar-refractivity contribution is 0.629. The van der Waals surface area contributed by atoms with Crippen molar-refractivity contribution in [2.24, 2.45) is 0 Å². The molecule has 0 radical (unpaired) electrons. The number of aromatic nitrogens is 5. The zero-order chi connectivity index (χ0) is 32.7. The smallest absolute Gasteiger partial charge is 0.147 e. The lowest BCUT2D eigenvalue weighted by Gasteiger charge is -2.35. The lowest BCUT2D eigenvalue weighted by Crippen LogP contribution is -2.26. The molecule has 5 heterocycles. The summed E-state index contributed by atoms with van der Waals surface area (Å²) in [5, 5.41) is 2.50. The Labute approximate surface area is 283 Å². The fourth-order valence-corrected chi connectivity index (χ4v) is 7.81. The molecule has 5 nitrogen and oxygen atoms in total. The lowest BCUT2D eigenvalue weighted by atomic mass is 9.74. The molecule has 49 heavy (non-hydrogen) atoms. The van der Waals surface area contributed by atoms with E-state index >= 15 is 0 Å². The Morgan fingerprint density at radius 2 is 1.29 bits per heavy atom. The molecule has 4 aromatic heterocycles. The Hall–Kier alpha value is -6.33. The first-order valence-electron chi connectivity index (χ1n) is 16.7. The minimum atomic E-state index is -0.229. The predicted molar refractivity (Wildman–Crippen MR) is 199 cm³/mol. The second-order valence-electron chi connectivity index (χ2n) is 13.4. The molecular weight excluding hydrogens is 599 g/mol. The number of fused-ring (bicyclic) bond motifs is 5. The highest BCUT2D eigenvalue weighted by atomic mass is 15.1. The van der Waals surface area contributed by atoms with E-state index in [1.807, 2.05) is 30.5 Å². The summed E-state index contributed by atoms with van der Waals surface area (Å²) in [6, 6.07) is 49.7. The average molecular weight is 630 g/mol. The first-order chi connectivity index (χ1) is 24.1. The molecule has 10 rings (SSSR count). The number of pyridine rings is 2. The third kappa shape index (κ3) is 4.09. The molecule has 0 saturated heterocycles. The maximum Gasteiger partial charge on any atom is 0.147 e. The van der Waals surface area contributed by atoms with Gasteiger partial charge in [-0.1, -0.05) is 80.6 Å². The van der Waals surface area contributed by atoms with Crippen molar-refractivity contribution in [1.29, 1.82) is 0 Å². The quantitative estimate of drug-likeness (QED) is 0.195. The summed E-state index contributed by atoms with van der Waals surface area (Å²) in [4.78, 5) is 14.5. The van der Waals surface area contributed by atoms with Crippen LogP contribution in [0.25, 0.3) is 78.1 Å². The van der Waals surface area contributed by atoms with Gasteiger partial charge in [-0.15, -0.1) is 0 Å². The Morgan fingerprint density at radius 1 is 0.531 bits per heavy atom. The van der Waals surface area contributed by atoms with E-state index in [0.717, 1.165) is 39.5 Å². The highest BCUT2D eigenvalue weighted by molar-refractivity contribution is 6.10. The SMILES string of the molecule is CC1(C)c2cc(-c3ccc4c(c3)c3ccccc3n4-c3ccccc3)ccc2-n2c(-c3ccc(-c4ccccn4)nc3)nc3cccc1c32. The average Bonchev–Trinajstić information content (AvgIpc) is 3.71. The highest BCUT2D eigenvalue weighted by Crippen LogP contribution is 2.47. The van der Waals surface area contributed by atoms with E-state index < -0.39 is 0 Å². The van der Waals surface area contributed by atoms with Crippen LogP contribution in [0.15, 0.2) is 152 Å². The number of para-hydroxylation sites is 3. The second-order valence-corrected chi connectivity index (χ2v) is 13.4. The summed E-state index contributed by atoms with van der Waals surface area (Å²) in [5.41, 5.74) is 14.3.